The van der Waals surface area contributed by atoms with E-state index in [9.17, 15) is 9.59 Å². The number of hydrogen-bond acceptors (Lipinski definition) is 8. The zero-order valence-corrected chi connectivity index (χ0v) is 17.7. The van der Waals surface area contributed by atoms with Gasteiger partial charge in [0.05, 0.1) is 22.9 Å². The number of fused-ring (bicyclic) bond motifs is 2. The molecule has 0 saturated carbocycles. The fraction of sp³-hybridized carbons (Fsp3) is 0.190. The van der Waals surface area contributed by atoms with E-state index in [2.05, 4.69) is 4.99 Å². The Labute approximate surface area is 178 Å². The zero-order valence-electron chi connectivity index (χ0n) is 16.1. The van der Waals surface area contributed by atoms with Gasteiger partial charge in [-0.05, 0) is 42.1 Å². The van der Waals surface area contributed by atoms with Gasteiger partial charge in [-0.15, -0.1) is 11.3 Å². The topological polar surface area (TPSA) is 79.1 Å². The van der Waals surface area contributed by atoms with Gasteiger partial charge in [0.15, 0.2) is 16.3 Å². The second-order valence-electron chi connectivity index (χ2n) is 6.70. The molecule has 5 rings (SSSR count). The molecular weight excluding hydrogens is 424 g/mol. The second-order valence-corrected chi connectivity index (χ2v) is 8.69. The number of thiazole rings is 1. The monoisotopic (exact) mass is 440 g/mol. The molecule has 30 heavy (non-hydrogen) atoms. The molecule has 2 aliphatic heterocycles. The first-order valence-electron chi connectivity index (χ1n) is 9.10. The number of carbonyl (C=O) groups is 1. The van der Waals surface area contributed by atoms with E-state index in [4.69, 9.17) is 14.2 Å². The van der Waals surface area contributed by atoms with Crippen molar-refractivity contribution in [3.8, 4) is 11.5 Å². The summed E-state index contributed by atoms with van der Waals surface area (Å²) >= 11 is 2.77. The summed E-state index contributed by atoms with van der Waals surface area (Å²) in [5.74, 6) is 0.848. The van der Waals surface area contributed by atoms with Crippen LogP contribution in [0.4, 0.5) is 0 Å². The highest BCUT2D eigenvalue weighted by molar-refractivity contribution is 7.10. The molecule has 152 valence electrons. The van der Waals surface area contributed by atoms with Crippen LogP contribution in [0.5, 0.6) is 11.5 Å². The van der Waals surface area contributed by atoms with E-state index < -0.39 is 12.0 Å². The lowest BCUT2D eigenvalue weighted by Gasteiger charge is -2.22. The molecule has 0 aliphatic carbocycles. The van der Waals surface area contributed by atoms with Gasteiger partial charge in [0, 0.05) is 4.88 Å². The highest BCUT2D eigenvalue weighted by atomic mass is 32.1. The van der Waals surface area contributed by atoms with Crippen LogP contribution in [0, 0.1) is 0 Å². The van der Waals surface area contributed by atoms with Crippen LogP contribution in [-0.2, 0) is 9.53 Å². The molecule has 0 radical (unpaired) electrons. The lowest BCUT2D eigenvalue weighted by atomic mass is 10.0. The van der Waals surface area contributed by atoms with Gasteiger partial charge in [-0.1, -0.05) is 23.5 Å². The third kappa shape index (κ3) is 2.98. The number of aromatic nitrogens is 1. The molecular formula is C21H16N2O5S2. The van der Waals surface area contributed by atoms with Gasteiger partial charge in [0.2, 0.25) is 6.79 Å². The third-order valence-electron chi connectivity index (χ3n) is 4.93. The molecule has 0 unspecified atom stereocenters. The molecule has 7 nitrogen and oxygen atoms in total. The predicted octanol–water partition coefficient (Wildman–Crippen LogP) is 2.20. The summed E-state index contributed by atoms with van der Waals surface area (Å²) in [6.45, 7) is 1.96. The number of benzene rings is 1. The highest BCUT2D eigenvalue weighted by Crippen LogP contribution is 2.34. The number of methoxy groups -OCH3 is 1. The van der Waals surface area contributed by atoms with Gasteiger partial charge in [0.25, 0.3) is 5.56 Å². The highest BCUT2D eigenvalue weighted by Gasteiger charge is 2.33. The Morgan fingerprint density at radius 3 is 2.90 bits per heavy atom. The van der Waals surface area contributed by atoms with Crippen LogP contribution in [0.1, 0.15) is 23.4 Å². The van der Waals surface area contributed by atoms with Gasteiger partial charge in [-0.25, -0.2) is 9.79 Å². The van der Waals surface area contributed by atoms with Gasteiger partial charge in [-0.2, -0.15) is 0 Å². The third-order valence-corrected chi connectivity index (χ3v) is 6.84. The fourth-order valence-electron chi connectivity index (χ4n) is 3.56. The maximum absolute atomic E-state index is 13.4. The molecule has 1 atom stereocenters. The average molecular weight is 441 g/mol. The molecule has 0 spiro atoms. The summed E-state index contributed by atoms with van der Waals surface area (Å²) in [6, 6.07) is 8.76. The van der Waals surface area contributed by atoms with Crippen LogP contribution in [0.25, 0.3) is 6.08 Å². The van der Waals surface area contributed by atoms with E-state index in [1.54, 1.807) is 17.6 Å². The SMILES string of the molecule is COC(=O)C1=C(C)N=c2s/c(=C/c3ccc4c(c3)OCO4)c(=O)n2[C@H]1c1cccs1. The van der Waals surface area contributed by atoms with Crippen LogP contribution >= 0.6 is 22.7 Å². The van der Waals surface area contributed by atoms with Crippen molar-refractivity contribution < 1.29 is 19.0 Å². The fourth-order valence-corrected chi connectivity index (χ4v) is 5.43. The number of carbonyl (C=O) groups excluding carboxylic acids is 1. The van der Waals surface area contributed by atoms with Crippen molar-refractivity contribution in [2.24, 2.45) is 4.99 Å². The van der Waals surface area contributed by atoms with E-state index in [-0.39, 0.29) is 12.4 Å². The van der Waals surface area contributed by atoms with Crippen molar-refractivity contribution in [3.05, 3.63) is 77.1 Å². The van der Waals surface area contributed by atoms with Crippen molar-refractivity contribution in [2.45, 2.75) is 13.0 Å². The van der Waals surface area contributed by atoms with E-state index in [0.29, 0.717) is 32.1 Å². The first-order valence-corrected chi connectivity index (χ1v) is 10.8. The number of nitrogens with zero attached hydrogens (tertiary/aromatic N) is 2. The smallest absolute Gasteiger partial charge is 0.338 e. The maximum Gasteiger partial charge on any atom is 0.338 e. The minimum absolute atomic E-state index is 0.192. The normalized spacial score (nSPS) is 17.7. The van der Waals surface area contributed by atoms with Crippen LogP contribution < -0.4 is 24.4 Å². The standard InChI is InChI=1S/C21H16N2O5S2/c1-11-17(20(25)26-2)18(15-4-3-7-29-15)23-19(24)16(30-21(23)22-11)9-12-5-6-13-14(8-12)28-10-27-13/h3-9,18H,10H2,1-2H3/b16-9+/t18-/m0/s1. The summed E-state index contributed by atoms with van der Waals surface area (Å²) in [6.07, 6.45) is 1.80. The molecule has 0 fully saturated rings. The molecule has 0 saturated heterocycles. The molecule has 3 aromatic rings. The summed E-state index contributed by atoms with van der Waals surface area (Å²) in [4.78, 5) is 31.9. The largest absolute Gasteiger partial charge is 0.466 e. The number of ether oxygens (including phenoxy) is 3. The average Bonchev–Trinajstić information content (AvgIpc) is 3.48. The van der Waals surface area contributed by atoms with Crippen molar-refractivity contribution >= 4 is 34.7 Å². The lowest BCUT2D eigenvalue weighted by molar-refractivity contribution is -0.136. The summed E-state index contributed by atoms with van der Waals surface area (Å²) in [7, 11) is 1.33. The molecule has 0 bridgehead atoms. The van der Waals surface area contributed by atoms with Gasteiger partial charge < -0.3 is 14.2 Å². The van der Waals surface area contributed by atoms with Gasteiger partial charge >= 0.3 is 5.97 Å². The Kier molecular flexibility index (Phi) is 4.56. The quantitative estimate of drug-likeness (QED) is 0.584. The first-order chi connectivity index (χ1) is 14.6. The van der Waals surface area contributed by atoms with E-state index in [1.807, 2.05) is 35.7 Å². The van der Waals surface area contributed by atoms with Crippen LogP contribution in [0.3, 0.4) is 0 Å². The van der Waals surface area contributed by atoms with Gasteiger partial charge in [-0.3, -0.25) is 9.36 Å². The summed E-state index contributed by atoms with van der Waals surface area (Å²) in [5.41, 5.74) is 1.54. The number of thiophene rings is 1. The number of hydrogen-bond donors (Lipinski definition) is 0. The second kappa shape index (κ2) is 7.26. The Morgan fingerprint density at radius 1 is 1.30 bits per heavy atom. The summed E-state index contributed by atoms with van der Waals surface area (Å²) in [5, 5.41) is 1.92. The number of rotatable bonds is 3. The number of esters is 1. The van der Waals surface area contributed by atoms with Crippen molar-refractivity contribution in [1.82, 2.24) is 4.57 Å². The predicted molar refractivity (Wildman–Crippen MR) is 113 cm³/mol. The molecule has 2 aromatic heterocycles. The summed E-state index contributed by atoms with van der Waals surface area (Å²) < 4.78 is 17.9. The van der Waals surface area contributed by atoms with Gasteiger partial charge in [0.1, 0.15) is 6.04 Å². The Morgan fingerprint density at radius 2 is 2.13 bits per heavy atom. The minimum Gasteiger partial charge on any atom is -0.466 e. The Bertz CT molecular complexity index is 1370. The number of allylic oxidation sites excluding steroid dienone is 1. The first kappa shape index (κ1) is 18.8. The minimum atomic E-state index is -0.562. The molecule has 9 heteroatoms. The molecule has 2 aliphatic rings. The molecule has 0 amide bonds. The van der Waals surface area contributed by atoms with E-state index in [1.165, 1.54) is 29.8 Å². The van der Waals surface area contributed by atoms with Crippen LogP contribution in [0.2, 0.25) is 0 Å². The maximum atomic E-state index is 13.4. The van der Waals surface area contributed by atoms with Crippen LogP contribution in [-0.4, -0.2) is 24.4 Å². The zero-order chi connectivity index (χ0) is 20.8. The lowest BCUT2D eigenvalue weighted by Crippen LogP contribution is -2.39. The van der Waals surface area contributed by atoms with Crippen molar-refractivity contribution in [2.75, 3.05) is 13.9 Å². The van der Waals surface area contributed by atoms with Crippen molar-refractivity contribution in [3.63, 3.8) is 0 Å². The Balaban J connectivity index is 1.70. The molecule has 4 heterocycles. The van der Waals surface area contributed by atoms with Crippen molar-refractivity contribution in [1.29, 1.82) is 0 Å². The Hall–Kier alpha value is -3.17. The van der Waals surface area contributed by atoms with E-state index in [0.717, 1.165) is 10.4 Å². The molecule has 0 N–H and O–H groups in total. The van der Waals surface area contributed by atoms with Crippen LogP contribution in [0.15, 0.2) is 56.8 Å². The molecule has 1 aromatic carbocycles. The van der Waals surface area contributed by atoms with E-state index >= 15 is 0 Å².